The maximum atomic E-state index is 12.0. The second-order valence-corrected chi connectivity index (χ2v) is 4.63. The molecule has 0 fully saturated rings. The summed E-state index contributed by atoms with van der Waals surface area (Å²) in [6.45, 7) is 4.48. The summed E-state index contributed by atoms with van der Waals surface area (Å²) in [7, 11) is 3.18. The van der Waals surface area contributed by atoms with Crippen LogP contribution in [0.1, 0.15) is 13.8 Å². The molecule has 0 bridgehead atoms. The van der Waals surface area contributed by atoms with Gasteiger partial charge in [-0.3, -0.25) is 14.5 Å². The Labute approximate surface area is 125 Å². The van der Waals surface area contributed by atoms with E-state index < -0.39 is 0 Å². The van der Waals surface area contributed by atoms with Crippen LogP contribution in [0.3, 0.4) is 0 Å². The molecule has 0 radical (unpaired) electrons. The van der Waals surface area contributed by atoms with E-state index >= 15 is 0 Å². The minimum atomic E-state index is -0.346. The molecule has 0 aliphatic heterocycles. The van der Waals surface area contributed by atoms with Crippen LogP contribution in [0.5, 0.6) is 5.75 Å². The van der Waals surface area contributed by atoms with Crippen molar-refractivity contribution in [3.8, 4) is 5.75 Å². The molecule has 0 spiro atoms. The van der Waals surface area contributed by atoms with Crippen molar-refractivity contribution in [2.75, 3.05) is 32.6 Å². The predicted octanol–water partition coefficient (Wildman–Crippen LogP) is 1.09. The van der Waals surface area contributed by atoms with E-state index in [-0.39, 0.29) is 24.4 Å². The van der Waals surface area contributed by atoms with Crippen molar-refractivity contribution in [3.63, 3.8) is 0 Å². The molecule has 1 aromatic rings. The van der Waals surface area contributed by atoms with Gasteiger partial charge in [0, 0.05) is 12.7 Å². The van der Waals surface area contributed by atoms with E-state index in [2.05, 4.69) is 10.6 Å². The van der Waals surface area contributed by atoms with Crippen molar-refractivity contribution in [2.24, 2.45) is 0 Å². The molecule has 0 unspecified atom stereocenters. The van der Waals surface area contributed by atoms with Gasteiger partial charge in [-0.05, 0) is 37.7 Å². The largest absolute Gasteiger partial charge is 0.497 e. The average Bonchev–Trinajstić information content (AvgIpc) is 2.51. The Morgan fingerprint density at radius 2 is 1.90 bits per heavy atom. The zero-order valence-electron chi connectivity index (χ0n) is 13.0. The van der Waals surface area contributed by atoms with E-state index in [0.717, 1.165) is 5.75 Å². The summed E-state index contributed by atoms with van der Waals surface area (Å²) in [6, 6.07) is 6.76. The number of amides is 2. The third-order valence-electron chi connectivity index (χ3n) is 3.30. The van der Waals surface area contributed by atoms with Crippen molar-refractivity contribution in [1.82, 2.24) is 10.2 Å². The van der Waals surface area contributed by atoms with E-state index in [1.54, 1.807) is 50.2 Å². The van der Waals surface area contributed by atoms with Crippen LogP contribution in [0.4, 0.5) is 5.69 Å². The minimum Gasteiger partial charge on any atom is -0.497 e. The smallest absolute Gasteiger partial charge is 0.238 e. The average molecular weight is 293 g/mol. The van der Waals surface area contributed by atoms with E-state index in [1.807, 2.05) is 6.92 Å². The Bertz CT molecular complexity index is 474. The molecule has 0 aliphatic rings. The van der Waals surface area contributed by atoms with Crippen LogP contribution in [0.25, 0.3) is 0 Å². The van der Waals surface area contributed by atoms with Crippen molar-refractivity contribution in [2.45, 2.75) is 19.9 Å². The molecule has 6 heteroatoms. The lowest BCUT2D eigenvalue weighted by molar-refractivity contribution is -0.126. The Morgan fingerprint density at radius 1 is 1.29 bits per heavy atom. The number of methoxy groups -OCH3 is 1. The van der Waals surface area contributed by atoms with E-state index in [9.17, 15) is 9.59 Å². The van der Waals surface area contributed by atoms with Crippen molar-refractivity contribution >= 4 is 17.5 Å². The highest BCUT2D eigenvalue weighted by Gasteiger charge is 2.21. The Kier molecular flexibility index (Phi) is 6.68. The van der Waals surface area contributed by atoms with E-state index in [4.69, 9.17) is 4.74 Å². The van der Waals surface area contributed by atoms with Gasteiger partial charge in [-0.25, -0.2) is 0 Å². The third kappa shape index (κ3) is 5.07. The molecule has 0 saturated heterocycles. The number of nitrogens with one attached hydrogen (secondary N) is 2. The number of carbonyl (C=O) groups is 2. The molecule has 2 N–H and O–H groups in total. The molecule has 6 nitrogen and oxygen atoms in total. The summed E-state index contributed by atoms with van der Waals surface area (Å²) in [4.78, 5) is 25.5. The maximum absolute atomic E-state index is 12.0. The third-order valence-corrected chi connectivity index (χ3v) is 3.30. The number of likely N-dealkylation sites (N-methyl/N-ethyl adjacent to an activating group) is 2. The van der Waals surface area contributed by atoms with Gasteiger partial charge >= 0.3 is 0 Å². The minimum absolute atomic E-state index is 0.103. The number of ether oxygens (including phenoxy) is 1. The van der Waals surface area contributed by atoms with Crippen molar-refractivity contribution in [3.05, 3.63) is 24.3 Å². The second-order valence-electron chi connectivity index (χ2n) is 4.63. The molecule has 1 aromatic carbocycles. The van der Waals surface area contributed by atoms with Gasteiger partial charge in [-0.2, -0.15) is 0 Å². The fourth-order valence-electron chi connectivity index (χ4n) is 1.96. The van der Waals surface area contributed by atoms with Gasteiger partial charge in [0.05, 0.1) is 19.7 Å². The first-order valence-electron chi connectivity index (χ1n) is 6.91. The lowest BCUT2D eigenvalue weighted by Gasteiger charge is -2.25. The van der Waals surface area contributed by atoms with E-state index in [0.29, 0.717) is 12.2 Å². The summed E-state index contributed by atoms with van der Waals surface area (Å²) in [5.41, 5.74) is 0.699. The molecule has 0 heterocycles. The number of rotatable bonds is 7. The number of benzene rings is 1. The highest BCUT2D eigenvalue weighted by atomic mass is 16.5. The number of anilines is 1. The highest BCUT2D eigenvalue weighted by molar-refractivity contribution is 5.92. The van der Waals surface area contributed by atoms with Gasteiger partial charge in [0.25, 0.3) is 0 Å². The Balaban J connectivity index is 2.59. The number of hydrogen-bond acceptors (Lipinski definition) is 4. The number of nitrogens with zero attached hydrogens (tertiary/aromatic N) is 1. The van der Waals surface area contributed by atoms with Crippen LogP contribution < -0.4 is 15.4 Å². The molecule has 2 amide bonds. The lowest BCUT2D eigenvalue weighted by Crippen LogP contribution is -2.47. The topological polar surface area (TPSA) is 70.7 Å². The van der Waals surface area contributed by atoms with Gasteiger partial charge in [0.1, 0.15) is 5.75 Å². The molecule has 21 heavy (non-hydrogen) atoms. The van der Waals surface area contributed by atoms with Crippen molar-refractivity contribution in [1.29, 1.82) is 0 Å². The second kappa shape index (κ2) is 8.26. The fourth-order valence-corrected chi connectivity index (χ4v) is 1.96. The van der Waals surface area contributed by atoms with Crippen LogP contribution in [-0.2, 0) is 9.59 Å². The first-order valence-corrected chi connectivity index (χ1v) is 6.91. The van der Waals surface area contributed by atoms with Gasteiger partial charge in [-0.15, -0.1) is 0 Å². The van der Waals surface area contributed by atoms with Gasteiger partial charge in [-0.1, -0.05) is 6.92 Å². The molecule has 0 aromatic heterocycles. The molecule has 0 aliphatic carbocycles. The quantitative estimate of drug-likeness (QED) is 0.789. The fraction of sp³-hybridized carbons (Fsp3) is 0.467. The standard InChI is InChI=1S/C15H23N3O3/c1-5-18(11(2)15(20)16-3)10-14(19)17-12-6-8-13(21-4)9-7-12/h6-9,11H,5,10H2,1-4H3,(H,16,20)(H,17,19)/t11-/m1/s1. The normalized spacial score (nSPS) is 11.9. The summed E-state index contributed by atoms with van der Waals surface area (Å²) in [5.74, 6) is 0.475. The zero-order valence-corrected chi connectivity index (χ0v) is 13.0. The monoisotopic (exact) mass is 293 g/mol. The molecule has 1 rings (SSSR count). The summed E-state index contributed by atoms with van der Waals surface area (Å²) in [6.07, 6.45) is 0. The van der Waals surface area contributed by atoms with Crippen LogP contribution in [-0.4, -0.2) is 50.0 Å². The molecule has 116 valence electrons. The first kappa shape index (κ1) is 17.0. The zero-order chi connectivity index (χ0) is 15.8. The van der Waals surface area contributed by atoms with Crippen molar-refractivity contribution < 1.29 is 14.3 Å². The SMILES string of the molecule is CCN(CC(=O)Nc1ccc(OC)cc1)[C@H](C)C(=O)NC. The number of hydrogen-bond donors (Lipinski definition) is 2. The molecular weight excluding hydrogens is 270 g/mol. The van der Waals surface area contributed by atoms with Crippen LogP contribution in [0.2, 0.25) is 0 Å². The van der Waals surface area contributed by atoms with Gasteiger partial charge < -0.3 is 15.4 Å². The number of carbonyl (C=O) groups excluding carboxylic acids is 2. The van der Waals surface area contributed by atoms with Crippen LogP contribution in [0.15, 0.2) is 24.3 Å². The Hall–Kier alpha value is -2.08. The van der Waals surface area contributed by atoms with Gasteiger partial charge in [0.2, 0.25) is 11.8 Å². The molecule has 0 saturated carbocycles. The highest BCUT2D eigenvalue weighted by Crippen LogP contribution is 2.15. The van der Waals surface area contributed by atoms with Crippen LogP contribution in [0, 0.1) is 0 Å². The Morgan fingerprint density at radius 3 is 2.38 bits per heavy atom. The predicted molar refractivity (Wildman–Crippen MR) is 82.4 cm³/mol. The summed E-state index contributed by atoms with van der Waals surface area (Å²) >= 11 is 0. The van der Waals surface area contributed by atoms with Crippen LogP contribution >= 0.6 is 0 Å². The lowest BCUT2D eigenvalue weighted by atomic mass is 10.2. The first-order chi connectivity index (χ1) is 10.0. The molecule has 1 atom stereocenters. The summed E-state index contributed by atoms with van der Waals surface area (Å²) < 4.78 is 5.06. The van der Waals surface area contributed by atoms with Gasteiger partial charge in [0.15, 0.2) is 0 Å². The summed E-state index contributed by atoms with van der Waals surface area (Å²) in [5, 5.41) is 5.39. The van der Waals surface area contributed by atoms with E-state index in [1.165, 1.54) is 0 Å². The maximum Gasteiger partial charge on any atom is 0.238 e. The molecular formula is C15H23N3O3.